The van der Waals surface area contributed by atoms with Gasteiger partial charge in [-0.2, -0.15) is 5.10 Å². The number of carbonyl (C=O) groups excluding carboxylic acids is 3. The molecule has 0 aliphatic heterocycles. The Balaban J connectivity index is 1.73. The molecular weight excluding hydrogens is 400 g/mol. The van der Waals surface area contributed by atoms with Crippen molar-refractivity contribution in [2.45, 2.75) is 27.7 Å². The van der Waals surface area contributed by atoms with E-state index in [0.29, 0.717) is 33.9 Å². The third-order valence-electron chi connectivity index (χ3n) is 4.61. The van der Waals surface area contributed by atoms with Crippen LogP contribution >= 0.6 is 0 Å². The molecule has 1 amide bonds. The first-order valence-corrected chi connectivity index (χ1v) is 9.86. The van der Waals surface area contributed by atoms with Gasteiger partial charge in [-0.1, -0.05) is 0 Å². The van der Waals surface area contributed by atoms with Gasteiger partial charge in [-0.3, -0.25) is 4.79 Å². The number of carbonyl (C=O) groups is 3. The maximum Gasteiger partial charge on any atom is 0.358 e. The Bertz CT molecular complexity index is 1110. The number of aromatic nitrogens is 3. The van der Waals surface area contributed by atoms with Crippen LogP contribution in [0.1, 0.15) is 56.4 Å². The maximum atomic E-state index is 12.7. The van der Waals surface area contributed by atoms with Gasteiger partial charge in [0.2, 0.25) is 0 Å². The Morgan fingerprint density at radius 1 is 1.00 bits per heavy atom. The van der Waals surface area contributed by atoms with E-state index in [0.717, 1.165) is 0 Å². The predicted octanol–water partition coefficient (Wildman–Crippen LogP) is 3.42. The molecule has 0 saturated carbocycles. The summed E-state index contributed by atoms with van der Waals surface area (Å²) in [6.07, 6.45) is 1.65. The van der Waals surface area contributed by atoms with E-state index in [1.807, 2.05) is 0 Å². The summed E-state index contributed by atoms with van der Waals surface area (Å²) in [4.78, 5) is 39.6. The van der Waals surface area contributed by atoms with E-state index in [-0.39, 0.29) is 24.8 Å². The lowest BCUT2D eigenvalue weighted by Crippen LogP contribution is -2.14. The van der Waals surface area contributed by atoms with Gasteiger partial charge in [0.05, 0.1) is 24.5 Å². The van der Waals surface area contributed by atoms with Crippen molar-refractivity contribution >= 4 is 23.5 Å². The number of esters is 2. The van der Waals surface area contributed by atoms with E-state index >= 15 is 0 Å². The zero-order valence-corrected chi connectivity index (χ0v) is 17.8. The van der Waals surface area contributed by atoms with Gasteiger partial charge in [0.1, 0.15) is 5.69 Å². The van der Waals surface area contributed by atoms with Gasteiger partial charge in [-0.25, -0.2) is 14.3 Å². The molecule has 0 bridgehead atoms. The molecular formula is C22H24N4O5. The quantitative estimate of drug-likeness (QED) is 0.562. The number of nitrogens with zero attached hydrogens (tertiary/aromatic N) is 2. The lowest BCUT2D eigenvalue weighted by Gasteiger charge is -2.07. The average Bonchev–Trinajstić information content (AvgIpc) is 3.34. The van der Waals surface area contributed by atoms with E-state index in [2.05, 4.69) is 15.4 Å². The molecule has 0 spiro atoms. The topological polar surface area (TPSA) is 115 Å². The van der Waals surface area contributed by atoms with Crippen LogP contribution in [-0.4, -0.2) is 45.8 Å². The number of benzene rings is 1. The predicted molar refractivity (Wildman–Crippen MR) is 114 cm³/mol. The number of H-pyrrole nitrogens is 1. The molecule has 0 unspecified atom stereocenters. The van der Waals surface area contributed by atoms with E-state index in [9.17, 15) is 14.4 Å². The van der Waals surface area contributed by atoms with E-state index in [1.165, 1.54) is 0 Å². The molecule has 9 heteroatoms. The van der Waals surface area contributed by atoms with Crippen LogP contribution in [0.4, 0.5) is 5.69 Å². The highest BCUT2D eigenvalue weighted by molar-refractivity contribution is 6.06. The summed E-state index contributed by atoms with van der Waals surface area (Å²) < 4.78 is 11.5. The fourth-order valence-electron chi connectivity index (χ4n) is 3.16. The van der Waals surface area contributed by atoms with Crippen molar-refractivity contribution in [2.24, 2.45) is 0 Å². The van der Waals surface area contributed by atoms with Crippen LogP contribution in [-0.2, 0) is 9.47 Å². The molecule has 3 aromatic rings. The van der Waals surface area contributed by atoms with E-state index in [1.54, 1.807) is 68.9 Å². The second-order valence-electron chi connectivity index (χ2n) is 6.71. The molecule has 0 atom stereocenters. The highest BCUT2D eigenvalue weighted by Gasteiger charge is 2.23. The molecule has 2 aromatic heterocycles. The summed E-state index contributed by atoms with van der Waals surface area (Å²) in [5.74, 6) is -1.31. The summed E-state index contributed by atoms with van der Waals surface area (Å²) >= 11 is 0. The van der Waals surface area contributed by atoms with Gasteiger partial charge in [0, 0.05) is 17.6 Å². The Hall–Kier alpha value is -3.88. The minimum atomic E-state index is -0.482. The molecule has 0 fully saturated rings. The van der Waals surface area contributed by atoms with Crippen LogP contribution in [0.15, 0.2) is 36.5 Å². The number of nitrogens with one attached hydrogen (secondary N) is 2. The smallest absolute Gasteiger partial charge is 0.358 e. The van der Waals surface area contributed by atoms with Crippen molar-refractivity contribution in [3.05, 3.63) is 64.7 Å². The Morgan fingerprint density at radius 3 is 2.29 bits per heavy atom. The first-order valence-electron chi connectivity index (χ1n) is 9.86. The second-order valence-corrected chi connectivity index (χ2v) is 6.71. The van der Waals surface area contributed by atoms with Crippen LogP contribution < -0.4 is 5.32 Å². The van der Waals surface area contributed by atoms with Crippen molar-refractivity contribution in [1.82, 2.24) is 14.8 Å². The largest absolute Gasteiger partial charge is 0.462 e. The monoisotopic (exact) mass is 424 g/mol. The lowest BCUT2D eigenvalue weighted by atomic mass is 10.1. The standard InChI is InChI=1S/C22H24N4O5/c1-5-30-21(28)17-11-12-26(25-17)16-9-7-15(8-10-16)24-20(27)19-13(3)18(14(4)23-19)22(29)31-6-2/h7-12,23H,5-6H2,1-4H3,(H,24,27). The number of aryl methyl sites for hydroxylation is 1. The second kappa shape index (κ2) is 9.29. The first kappa shape index (κ1) is 21.8. The van der Waals surface area contributed by atoms with Gasteiger partial charge in [-0.15, -0.1) is 0 Å². The Labute approximate surface area is 179 Å². The number of hydrogen-bond donors (Lipinski definition) is 2. The summed E-state index contributed by atoms with van der Waals surface area (Å²) in [6.45, 7) is 7.42. The molecule has 2 N–H and O–H groups in total. The van der Waals surface area contributed by atoms with E-state index in [4.69, 9.17) is 9.47 Å². The summed E-state index contributed by atoms with van der Waals surface area (Å²) in [7, 11) is 0. The van der Waals surface area contributed by atoms with E-state index < -0.39 is 11.9 Å². The summed E-state index contributed by atoms with van der Waals surface area (Å²) in [5.41, 5.74) is 3.28. The van der Waals surface area contributed by atoms with Crippen molar-refractivity contribution < 1.29 is 23.9 Å². The molecule has 3 rings (SSSR count). The van der Waals surface area contributed by atoms with Crippen molar-refractivity contribution in [3.8, 4) is 5.69 Å². The SMILES string of the molecule is CCOC(=O)c1ccn(-c2ccc(NC(=O)c3[nH]c(C)c(C(=O)OCC)c3C)cc2)n1. The van der Waals surface area contributed by atoms with Crippen LogP contribution in [0.3, 0.4) is 0 Å². The fourth-order valence-corrected chi connectivity index (χ4v) is 3.16. The van der Waals surface area contributed by atoms with Crippen molar-refractivity contribution in [2.75, 3.05) is 18.5 Å². The van der Waals surface area contributed by atoms with Crippen LogP contribution in [0.5, 0.6) is 0 Å². The van der Waals surface area contributed by atoms with Gasteiger partial charge in [0.25, 0.3) is 5.91 Å². The highest BCUT2D eigenvalue weighted by atomic mass is 16.5. The van der Waals surface area contributed by atoms with Gasteiger partial charge < -0.3 is 19.8 Å². The minimum Gasteiger partial charge on any atom is -0.462 e. The molecule has 0 aliphatic rings. The molecule has 0 saturated heterocycles. The van der Waals surface area contributed by atoms with Crippen LogP contribution in [0.2, 0.25) is 0 Å². The Morgan fingerprint density at radius 2 is 1.65 bits per heavy atom. The van der Waals surface area contributed by atoms with Crippen LogP contribution in [0, 0.1) is 13.8 Å². The third-order valence-corrected chi connectivity index (χ3v) is 4.61. The summed E-state index contributed by atoms with van der Waals surface area (Å²) in [5, 5.41) is 7.00. The number of ether oxygens (including phenoxy) is 2. The number of aromatic amines is 1. The number of hydrogen-bond acceptors (Lipinski definition) is 6. The molecule has 2 heterocycles. The molecule has 162 valence electrons. The highest BCUT2D eigenvalue weighted by Crippen LogP contribution is 2.21. The van der Waals surface area contributed by atoms with Crippen molar-refractivity contribution in [1.29, 1.82) is 0 Å². The zero-order chi connectivity index (χ0) is 22.5. The average molecular weight is 424 g/mol. The molecule has 0 aliphatic carbocycles. The normalized spacial score (nSPS) is 10.6. The minimum absolute atomic E-state index is 0.217. The maximum absolute atomic E-state index is 12.7. The van der Waals surface area contributed by atoms with Crippen molar-refractivity contribution in [3.63, 3.8) is 0 Å². The number of amides is 1. The lowest BCUT2D eigenvalue weighted by molar-refractivity contribution is 0.0511. The molecule has 9 nitrogen and oxygen atoms in total. The fraction of sp³-hybridized carbons (Fsp3) is 0.273. The first-order chi connectivity index (χ1) is 14.8. The van der Waals surface area contributed by atoms with Gasteiger partial charge in [0.15, 0.2) is 5.69 Å². The van der Waals surface area contributed by atoms with Gasteiger partial charge in [-0.05, 0) is 63.6 Å². The Kier molecular flexibility index (Phi) is 6.54. The number of rotatable bonds is 7. The number of anilines is 1. The molecule has 1 aromatic carbocycles. The summed E-state index contributed by atoms with van der Waals surface area (Å²) in [6, 6.07) is 8.53. The third kappa shape index (κ3) is 4.66. The molecule has 31 heavy (non-hydrogen) atoms. The van der Waals surface area contributed by atoms with Gasteiger partial charge >= 0.3 is 11.9 Å². The van der Waals surface area contributed by atoms with Crippen LogP contribution in [0.25, 0.3) is 5.69 Å². The zero-order valence-electron chi connectivity index (χ0n) is 17.8. The molecule has 0 radical (unpaired) electrons.